The molecular weight excluding hydrogens is 228 g/mol. The van der Waals surface area contributed by atoms with Gasteiger partial charge in [0.1, 0.15) is 0 Å². The molecule has 0 fully saturated rings. The number of nitrogens with two attached hydrogens (primary N) is 2. The van der Waals surface area contributed by atoms with E-state index in [9.17, 15) is 9.59 Å². The number of primary amides is 2. The van der Waals surface area contributed by atoms with Gasteiger partial charge in [-0.1, -0.05) is 13.2 Å². The molecule has 0 heterocycles. The lowest BCUT2D eigenvalue weighted by Crippen LogP contribution is -2.04. The lowest BCUT2D eigenvalue weighted by molar-refractivity contribution is -0.114. The van der Waals surface area contributed by atoms with Crippen LogP contribution in [-0.2, 0) is 20.0 Å². The fourth-order valence-corrected chi connectivity index (χ4v) is 0. The summed E-state index contributed by atoms with van der Waals surface area (Å²) in [6, 6.07) is 0. The lowest BCUT2D eigenvalue weighted by Gasteiger charge is -1.68. The molecule has 8 nitrogen and oxygen atoms in total. The Hall–Kier alpha value is -1.71. The standard InChI is InChI=1S/2C3H5NO.H2O4S/c2*1-2-3(4)5;1-5(2,3)4/h2*2H,1H2,(H2,4,5);(H2,1,2,3,4). The van der Waals surface area contributed by atoms with E-state index in [0.29, 0.717) is 0 Å². The van der Waals surface area contributed by atoms with Crippen molar-refractivity contribution in [3.8, 4) is 0 Å². The molecule has 0 aliphatic carbocycles. The molecule has 0 aromatic rings. The zero-order chi connectivity index (χ0) is 13.1. The van der Waals surface area contributed by atoms with Crippen LogP contribution in [0.2, 0.25) is 0 Å². The van der Waals surface area contributed by atoms with Crippen molar-refractivity contribution in [3.05, 3.63) is 25.3 Å². The van der Waals surface area contributed by atoms with Crippen LogP contribution < -0.4 is 11.5 Å². The monoisotopic (exact) mass is 240 g/mol. The largest absolute Gasteiger partial charge is 0.394 e. The van der Waals surface area contributed by atoms with E-state index in [0.717, 1.165) is 12.2 Å². The summed E-state index contributed by atoms with van der Waals surface area (Å²) in [6.45, 7) is 6.17. The van der Waals surface area contributed by atoms with Gasteiger partial charge in [0.15, 0.2) is 0 Å². The molecule has 0 radical (unpaired) electrons. The SMILES string of the molecule is C=CC(N)=O.C=CC(N)=O.O=S(=O)(O)O. The van der Waals surface area contributed by atoms with Crippen LogP contribution in [0, 0.1) is 0 Å². The summed E-state index contributed by atoms with van der Waals surface area (Å²) in [5.74, 6) is -0.963. The highest BCUT2D eigenvalue weighted by atomic mass is 32.3. The molecule has 0 aliphatic rings. The first-order valence-electron chi connectivity index (χ1n) is 3.08. The second-order valence-electron chi connectivity index (χ2n) is 1.66. The van der Waals surface area contributed by atoms with Crippen molar-refractivity contribution in [1.29, 1.82) is 0 Å². The van der Waals surface area contributed by atoms with Crippen LogP contribution >= 0.6 is 0 Å². The van der Waals surface area contributed by atoms with E-state index >= 15 is 0 Å². The molecule has 88 valence electrons. The third kappa shape index (κ3) is 248. The smallest absolute Gasteiger partial charge is 0.366 e. The number of amides is 2. The van der Waals surface area contributed by atoms with Crippen molar-refractivity contribution in [1.82, 2.24) is 0 Å². The maximum absolute atomic E-state index is 9.47. The highest BCUT2D eigenvalue weighted by Gasteiger charge is 1.84. The molecule has 15 heavy (non-hydrogen) atoms. The normalized spacial score (nSPS) is 8.13. The van der Waals surface area contributed by atoms with Crippen LogP contribution in [0.15, 0.2) is 25.3 Å². The minimum absolute atomic E-state index is 0.481. The summed E-state index contributed by atoms with van der Waals surface area (Å²) in [5, 5.41) is 0. The molecular formula is C6H12N2O6S. The third-order valence-electron chi connectivity index (χ3n) is 0.402. The van der Waals surface area contributed by atoms with Crippen LogP contribution in [-0.4, -0.2) is 29.3 Å². The van der Waals surface area contributed by atoms with Crippen LogP contribution in [0.3, 0.4) is 0 Å². The molecule has 0 bridgehead atoms. The first-order chi connectivity index (χ1) is 6.54. The number of rotatable bonds is 2. The second kappa shape index (κ2) is 10.4. The Bertz CT molecular complexity index is 295. The maximum atomic E-state index is 9.47. The summed E-state index contributed by atoms with van der Waals surface area (Å²) in [6.07, 6.45) is 2.11. The van der Waals surface area contributed by atoms with Crippen molar-refractivity contribution in [2.75, 3.05) is 0 Å². The quantitative estimate of drug-likeness (QED) is 0.345. The highest BCUT2D eigenvalue weighted by Crippen LogP contribution is 1.59. The van der Waals surface area contributed by atoms with Gasteiger partial charge in [0, 0.05) is 0 Å². The van der Waals surface area contributed by atoms with Gasteiger partial charge in [-0.05, 0) is 12.2 Å². The van der Waals surface area contributed by atoms with Gasteiger partial charge in [-0.25, -0.2) is 0 Å². The third-order valence-corrected chi connectivity index (χ3v) is 0.402. The first kappa shape index (κ1) is 19.0. The van der Waals surface area contributed by atoms with Crippen LogP contribution in [0.25, 0.3) is 0 Å². The van der Waals surface area contributed by atoms with Crippen molar-refractivity contribution >= 4 is 22.2 Å². The van der Waals surface area contributed by atoms with E-state index < -0.39 is 22.2 Å². The molecule has 0 aliphatic heterocycles. The Kier molecular flexibility index (Phi) is 13.1. The minimum Gasteiger partial charge on any atom is -0.366 e. The fourth-order valence-electron chi connectivity index (χ4n) is 0. The zero-order valence-electron chi connectivity index (χ0n) is 7.66. The Morgan fingerprint density at radius 2 is 1.07 bits per heavy atom. The Morgan fingerprint density at radius 3 is 1.07 bits per heavy atom. The molecule has 6 N–H and O–H groups in total. The van der Waals surface area contributed by atoms with Gasteiger partial charge in [-0.2, -0.15) is 8.42 Å². The molecule has 0 atom stereocenters. The number of hydrogen-bond acceptors (Lipinski definition) is 4. The number of carbonyl (C=O) groups excluding carboxylic acids is 2. The predicted octanol–water partition coefficient (Wildman–Crippen LogP) is -1.34. The van der Waals surface area contributed by atoms with Gasteiger partial charge in [0.2, 0.25) is 11.8 Å². The van der Waals surface area contributed by atoms with Crippen LogP contribution in [0.1, 0.15) is 0 Å². The number of carbonyl (C=O) groups is 2. The molecule has 2 amide bonds. The molecule has 0 unspecified atom stereocenters. The first-order valence-corrected chi connectivity index (χ1v) is 4.47. The molecule has 9 heteroatoms. The van der Waals surface area contributed by atoms with E-state index in [1.54, 1.807) is 0 Å². The van der Waals surface area contributed by atoms with E-state index in [1.165, 1.54) is 0 Å². The summed E-state index contributed by atoms with van der Waals surface area (Å²) in [4.78, 5) is 18.9. The van der Waals surface area contributed by atoms with E-state index in [-0.39, 0.29) is 0 Å². The van der Waals surface area contributed by atoms with Crippen molar-refractivity contribution in [2.45, 2.75) is 0 Å². The van der Waals surface area contributed by atoms with Gasteiger partial charge in [0.25, 0.3) is 0 Å². The fraction of sp³-hybridized carbons (Fsp3) is 0. The van der Waals surface area contributed by atoms with E-state index in [4.69, 9.17) is 17.5 Å². The Labute approximate surface area is 86.8 Å². The average molecular weight is 240 g/mol. The molecule has 0 aromatic carbocycles. The number of hydrogen-bond donors (Lipinski definition) is 4. The zero-order valence-corrected chi connectivity index (χ0v) is 8.48. The second-order valence-corrected chi connectivity index (χ2v) is 2.56. The molecule has 0 saturated carbocycles. The highest BCUT2D eigenvalue weighted by molar-refractivity contribution is 7.79. The van der Waals surface area contributed by atoms with Crippen molar-refractivity contribution < 1.29 is 27.1 Å². The summed E-state index contributed by atoms with van der Waals surface area (Å²) >= 11 is 0. The van der Waals surface area contributed by atoms with Gasteiger partial charge in [-0.15, -0.1) is 0 Å². The Balaban J connectivity index is -0.000000144. The topological polar surface area (TPSA) is 161 Å². The molecule has 0 saturated heterocycles. The molecule has 0 rings (SSSR count). The molecule has 0 aromatic heterocycles. The van der Waals surface area contributed by atoms with Gasteiger partial charge in [-0.3, -0.25) is 18.7 Å². The summed E-state index contributed by atoms with van der Waals surface area (Å²) < 4.78 is 31.6. The summed E-state index contributed by atoms with van der Waals surface area (Å²) in [5.41, 5.74) is 9.07. The van der Waals surface area contributed by atoms with E-state index in [2.05, 4.69) is 24.6 Å². The Morgan fingerprint density at radius 1 is 1.00 bits per heavy atom. The van der Waals surface area contributed by atoms with Crippen LogP contribution in [0.5, 0.6) is 0 Å². The van der Waals surface area contributed by atoms with E-state index in [1.807, 2.05) is 0 Å². The minimum atomic E-state index is -4.67. The van der Waals surface area contributed by atoms with Crippen LogP contribution in [0.4, 0.5) is 0 Å². The lowest BCUT2D eigenvalue weighted by atomic mass is 10.6. The van der Waals surface area contributed by atoms with Gasteiger partial charge >= 0.3 is 10.4 Å². The van der Waals surface area contributed by atoms with Gasteiger partial charge in [0.05, 0.1) is 0 Å². The maximum Gasteiger partial charge on any atom is 0.394 e. The van der Waals surface area contributed by atoms with Crippen molar-refractivity contribution in [2.24, 2.45) is 11.5 Å². The molecule has 0 spiro atoms. The van der Waals surface area contributed by atoms with Gasteiger partial charge < -0.3 is 11.5 Å². The predicted molar refractivity (Wildman–Crippen MR) is 53.0 cm³/mol. The summed E-state index contributed by atoms with van der Waals surface area (Å²) in [7, 11) is -4.67. The average Bonchev–Trinajstić information content (AvgIpc) is 2.02. The van der Waals surface area contributed by atoms with Crippen molar-refractivity contribution in [3.63, 3.8) is 0 Å².